The van der Waals surface area contributed by atoms with E-state index in [0.29, 0.717) is 6.61 Å². The smallest absolute Gasteiger partial charge is 0.306 e. The second-order valence-corrected chi connectivity index (χ2v) is 8.38. The van der Waals surface area contributed by atoms with Crippen LogP contribution in [0.1, 0.15) is 115 Å². The second-order valence-electron chi connectivity index (χ2n) is 8.38. The molecule has 0 aliphatic carbocycles. The summed E-state index contributed by atoms with van der Waals surface area (Å²) in [7, 11) is 0. The standard InChI is InChI=1S/C26H40F2O4/c1-3-4-5-6-7-8-9-10-11-12-13-20-31-24(29)18-15-19-25(30)32-21(2)26-22(27)16-14-17-23(26)28/h14,16-17,21H,3-13,15,18-20H2,1-2H3. The predicted octanol–water partition coefficient (Wildman–Crippen LogP) is 7.59. The minimum absolute atomic E-state index is 0.00600. The van der Waals surface area contributed by atoms with E-state index in [1.54, 1.807) is 0 Å². The summed E-state index contributed by atoms with van der Waals surface area (Å²) in [4.78, 5) is 23.7. The average molecular weight is 455 g/mol. The number of hydrogen-bond donors (Lipinski definition) is 0. The molecule has 6 heteroatoms. The van der Waals surface area contributed by atoms with Gasteiger partial charge in [-0.1, -0.05) is 77.2 Å². The molecule has 0 fully saturated rings. The van der Waals surface area contributed by atoms with Gasteiger partial charge in [0.05, 0.1) is 12.2 Å². The fourth-order valence-corrected chi connectivity index (χ4v) is 3.62. The lowest BCUT2D eigenvalue weighted by Crippen LogP contribution is -2.12. The third-order valence-electron chi connectivity index (χ3n) is 5.49. The Hall–Kier alpha value is -1.98. The minimum atomic E-state index is -1.03. The zero-order valence-corrected chi connectivity index (χ0v) is 19.8. The monoisotopic (exact) mass is 454 g/mol. The Morgan fingerprint density at radius 1 is 0.781 bits per heavy atom. The van der Waals surface area contributed by atoms with Crippen LogP contribution in [0, 0.1) is 11.6 Å². The van der Waals surface area contributed by atoms with Gasteiger partial charge >= 0.3 is 11.9 Å². The van der Waals surface area contributed by atoms with Gasteiger partial charge in [0.15, 0.2) is 0 Å². The molecule has 0 N–H and O–H groups in total. The predicted molar refractivity (Wildman–Crippen MR) is 122 cm³/mol. The van der Waals surface area contributed by atoms with E-state index < -0.39 is 23.7 Å². The minimum Gasteiger partial charge on any atom is -0.466 e. The van der Waals surface area contributed by atoms with Gasteiger partial charge in [-0.25, -0.2) is 8.78 Å². The Kier molecular flexibility index (Phi) is 15.4. The molecular formula is C26H40F2O4. The van der Waals surface area contributed by atoms with Crippen molar-refractivity contribution in [2.24, 2.45) is 0 Å². The highest BCUT2D eigenvalue weighted by molar-refractivity contribution is 5.72. The Bertz CT molecular complexity index is 643. The van der Waals surface area contributed by atoms with Crippen molar-refractivity contribution in [1.29, 1.82) is 0 Å². The van der Waals surface area contributed by atoms with E-state index >= 15 is 0 Å². The van der Waals surface area contributed by atoms with Gasteiger partial charge in [-0.15, -0.1) is 0 Å². The summed E-state index contributed by atoms with van der Waals surface area (Å²) in [6.07, 6.45) is 13.0. The molecule has 0 aliphatic heterocycles. The summed E-state index contributed by atoms with van der Waals surface area (Å²) in [6.45, 7) is 4.06. The molecule has 0 bridgehead atoms. The second kappa shape index (κ2) is 17.6. The molecule has 1 rings (SSSR count). The van der Waals surface area contributed by atoms with E-state index in [4.69, 9.17) is 9.47 Å². The van der Waals surface area contributed by atoms with Gasteiger partial charge in [-0.05, 0) is 31.9 Å². The lowest BCUT2D eigenvalue weighted by molar-refractivity contribution is -0.149. The molecule has 1 atom stereocenters. The maximum absolute atomic E-state index is 13.7. The van der Waals surface area contributed by atoms with Crippen LogP contribution in [-0.2, 0) is 19.1 Å². The van der Waals surface area contributed by atoms with Crippen LogP contribution in [0.3, 0.4) is 0 Å². The molecule has 4 nitrogen and oxygen atoms in total. The van der Waals surface area contributed by atoms with E-state index in [-0.39, 0.29) is 30.8 Å². The van der Waals surface area contributed by atoms with Gasteiger partial charge in [0, 0.05) is 12.8 Å². The van der Waals surface area contributed by atoms with E-state index in [9.17, 15) is 18.4 Å². The lowest BCUT2D eigenvalue weighted by Gasteiger charge is -2.15. The maximum Gasteiger partial charge on any atom is 0.306 e. The molecular weight excluding hydrogens is 414 g/mol. The molecule has 0 amide bonds. The Balaban J connectivity index is 2.00. The summed E-state index contributed by atoms with van der Waals surface area (Å²) in [5, 5.41) is 0. The number of ether oxygens (including phenoxy) is 2. The molecule has 0 saturated heterocycles. The quantitative estimate of drug-likeness (QED) is 0.169. The van der Waals surface area contributed by atoms with Crippen molar-refractivity contribution in [1.82, 2.24) is 0 Å². The Morgan fingerprint density at radius 2 is 1.28 bits per heavy atom. The van der Waals surface area contributed by atoms with Crippen LogP contribution in [0.4, 0.5) is 8.78 Å². The van der Waals surface area contributed by atoms with Crippen LogP contribution in [-0.4, -0.2) is 18.5 Å². The van der Waals surface area contributed by atoms with Crippen molar-refractivity contribution in [3.05, 3.63) is 35.4 Å². The molecule has 1 aromatic carbocycles. The molecule has 32 heavy (non-hydrogen) atoms. The number of carbonyl (C=O) groups excluding carboxylic acids is 2. The van der Waals surface area contributed by atoms with Gasteiger partial charge in [0.2, 0.25) is 0 Å². The maximum atomic E-state index is 13.7. The normalized spacial score (nSPS) is 11.9. The van der Waals surface area contributed by atoms with Crippen molar-refractivity contribution < 1.29 is 27.8 Å². The Labute approximate surface area is 192 Å². The Morgan fingerprint density at radius 3 is 1.84 bits per heavy atom. The summed E-state index contributed by atoms with van der Waals surface area (Å²) < 4.78 is 37.7. The molecule has 0 aliphatic rings. The molecule has 0 radical (unpaired) electrons. The largest absolute Gasteiger partial charge is 0.466 e. The molecule has 0 saturated carbocycles. The first-order valence-corrected chi connectivity index (χ1v) is 12.2. The van der Waals surface area contributed by atoms with Crippen LogP contribution in [0.5, 0.6) is 0 Å². The van der Waals surface area contributed by atoms with Crippen molar-refractivity contribution in [3.63, 3.8) is 0 Å². The van der Waals surface area contributed by atoms with Crippen LogP contribution < -0.4 is 0 Å². The summed E-state index contributed by atoms with van der Waals surface area (Å²) in [5.41, 5.74) is -0.271. The first-order chi connectivity index (χ1) is 15.5. The number of rotatable bonds is 18. The lowest BCUT2D eigenvalue weighted by atomic mass is 10.1. The summed E-state index contributed by atoms with van der Waals surface area (Å²) in [6, 6.07) is 3.49. The van der Waals surface area contributed by atoms with E-state index in [0.717, 1.165) is 25.0 Å². The van der Waals surface area contributed by atoms with E-state index in [2.05, 4.69) is 6.92 Å². The van der Waals surface area contributed by atoms with Gasteiger partial charge in [-0.3, -0.25) is 9.59 Å². The van der Waals surface area contributed by atoms with Crippen LogP contribution in [0.2, 0.25) is 0 Å². The van der Waals surface area contributed by atoms with Crippen LogP contribution in [0.25, 0.3) is 0 Å². The number of halogens is 2. The van der Waals surface area contributed by atoms with Gasteiger partial charge < -0.3 is 9.47 Å². The summed E-state index contributed by atoms with van der Waals surface area (Å²) >= 11 is 0. The van der Waals surface area contributed by atoms with Crippen molar-refractivity contribution >= 4 is 11.9 Å². The molecule has 1 aromatic rings. The number of carbonyl (C=O) groups is 2. The highest BCUT2D eigenvalue weighted by Crippen LogP contribution is 2.24. The summed E-state index contributed by atoms with van der Waals surface area (Å²) in [5.74, 6) is -2.44. The zero-order chi connectivity index (χ0) is 23.6. The van der Waals surface area contributed by atoms with Gasteiger partial charge in [0.25, 0.3) is 0 Å². The van der Waals surface area contributed by atoms with E-state index in [1.807, 2.05) is 0 Å². The van der Waals surface area contributed by atoms with Crippen LogP contribution in [0.15, 0.2) is 18.2 Å². The van der Waals surface area contributed by atoms with Crippen molar-refractivity contribution in [2.75, 3.05) is 6.61 Å². The highest BCUT2D eigenvalue weighted by Gasteiger charge is 2.19. The fraction of sp³-hybridized carbons (Fsp3) is 0.692. The number of esters is 2. The van der Waals surface area contributed by atoms with E-state index in [1.165, 1.54) is 70.8 Å². The van der Waals surface area contributed by atoms with Gasteiger partial charge in [-0.2, -0.15) is 0 Å². The number of unbranched alkanes of at least 4 members (excludes halogenated alkanes) is 10. The average Bonchev–Trinajstić information content (AvgIpc) is 2.74. The third kappa shape index (κ3) is 12.8. The number of hydrogen-bond acceptors (Lipinski definition) is 4. The molecule has 0 aromatic heterocycles. The van der Waals surface area contributed by atoms with Crippen molar-refractivity contribution in [3.8, 4) is 0 Å². The highest BCUT2D eigenvalue weighted by atomic mass is 19.1. The molecule has 0 spiro atoms. The topological polar surface area (TPSA) is 52.6 Å². The fourth-order valence-electron chi connectivity index (χ4n) is 3.62. The first kappa shape index (κ1) is 28.1. The molecule has 0 heterocycles. The number of benzene rings is 1. The zero-order valence-electron chi connectivity index (χ0n) is 19.8. The molecule has 182 valence electrons. The van der Waals surface area contributed by atoms with Crippen LogP contribution >= 0.6 is 0 Å². The SMILES string of the molecule is CCCCCCCCCCCCCOC(=O)CCCC(=O)OC(C)c1c(F)cccc1F. The van der Waals surface area contributed by atoms with Gasteiger partial charge in [0.1, 0.15) is 17.7 Å². The first-order valence-electron chi connectivity index (χ1n) is 12.2. The third-order valence-corrected chi connectivity index (χ3v) is 5.49. The van der Waals surface area contributed by atoms with Crippen molar-refractivity contribution in [2.45, 2.75) is 110 Å². The molecule has 1 unspecified atom stereocenters.